The Morgan fingerprint density at radius 2 is 1.95 bits per heavy atom. The molecule has 2 amide bonds. The number of rotatable bonds is 5. The van der Waals surface area contributed by atoms with Crippen molar-refractivity contribution in [3.8, 4) is 0 Å². The number of hydrogen-bond acceptors (Lipinski definition) is 3. The van der Waals surface area contributed by atoms with Gasteiger partial charge in [-0.3, -0.25) is 4.79 Å². The molecule has 0 radical (unpaired) electrons. The van der Waals surface area contributed by atoms with Gasteiger partial charge in [-0.1, -0.05) is 19.1 Å². The van der Waals surface area contributed by atoms with Crippen LogP contribution in [0.15, 0.2) is 24.3 Å². The average Bonchev–Trinajstić information content (AvgIpc) is 2.36. The smallest absolute Gasteiger partial charge is 0.407 e. The highest BCUT2D eigenvalue weighted by molar-refractivity contribution is 5.91. The Labute approximate surface area is 126 Å². The Kier molecular flexibility index (Phi) is 6.21. The summed E-state index contributed by atoms with van der Waals surface area (Å²) < 4.78 is 5.09. The fourth-order valence-electron chi connectivity index (χ4n) is 1.68. The molecule has 116 valence electrons. The minimum Gasteiger partial charge on any atom is -0.444 e. The van der Waals surface area contributed by atoms with Gasteiger partial charge in [-0.05, 0) is 44.9 Å². The van der Waals surface area contributed by atoms with Gasteiger partial charge >= 0.3 is 6.09 Å². The Morgan fingerprint density at radius 3 is 2.57 bits per heavy atom. The zero-order valence-corrected chi connectivity index (χ0v) is 13.2. The number of carbonyl (C=O) groups is 2. The molecule has 1 rings (SSSR count). The van der Waals surface area contributed by atoms with Crippen LogP contribution < -0.4 is 10.6 Å². The minimum atomic E-state index is -0.535. The number of amides is 2. The van der Waals surface area contributed by atoms with Crippen LogP contribution in [0.4, 0.5) is 10.5 Å². The molecule has 5 nitrogen and oxygen atoms in total. The van der Waals surface area contributed by atoms with Crippen LogP contribution in [0.1, 0.15) is 39.7 Å². The van der Waals surface area contributed by atoms with Crippen molar-refractivity contribution in [1.82, 2.24) is 5.32 Å². The molecule has 1 aromatic rings. The van der Waals surface area contributed by atoms with Gasteiger partial charge in [-0.25, -0.2) is 4.79 Å². The highest BCUT2D eigenvalue weighted by Gasteiger charge is 2.15. The van der Waals surface area contributed by atoms with E-state index < -0.39 is 11.7 Å². The van der Waals surface area contributed by atoms with Crippen LogP contribution in [0, 0.1) is 0 Å². The van der Waals surface area contributed by atoms with Crippen molar-refractivity contribution < 1.29 is 14.3 Å². The summed E-state index contributed by atoms with van der Waals surface area (Å²) in [5, 5.41) is 5.36. The third-order valence-electron chi connectivity index (χ3n) is 2.64. The third-order valence-corrected chi connectivity index (χ3v) is 2.64. The van der Waals surface area contributed by atoms with Crippen molar-refractivity contribution in [3.63, 3.8) is 0 Å². The van der Waals surface area contributed by atoms with Gasteiger partial charge in [-0.15, -0.1) is 0 Å². The summed E-state index contributed by atoms with van der Waals surface area (Å²) in [5.74, 6) is -0.140. The number of anilines is 1. The second-order valence-corrected chi connectivity index (χ2v) is 5.78. The second kappa shape index (κ2) is 7.67. The lowest BCUT2D eigenvalue weighted by Gasteiger charge is -2.19. The van der Waals surface area contributed by atoms with Crippen LogP contribution in [0.25, 0.3) is 0 Å². The van der Waals surface area contributed by atoms with Crippen LogP contribution in [-0.4, -0.2) is 24.1 Å². The summed E-state index contributed by atoms with van der Waals surface area (Å²) in [7, 11) is 0. The van der Waals surface area contributed by atoms with Crippen molar-refractivity contribution in [3.05, 3.63) is 29.8 Å². The van der Waals surface area contributed by atoms with Crippen molar-refractivity contribution in [2.75, 3.05) is 11.9 Å². The van der Waals surface area contributed by atoms with Gasteiger partial charge in [-0.2, -0.15) is 0 Å². The van der Waals surface area contributed by atoms with Crippen LogP contribution in [0.2, 0.25) is 0 Å². The first-order chi connectivity index (χ1) is 9.80. The Bertz CT molecular complexity index is 493. The summed E-state index contributed by atoms with van der Waals surface area (Å²) in [6.07, 6.45) is 0.614. The van der Waals surface area contributed by atoms with Crippen molar-refractivity contribution in [2.24, 2.45) is 0 Å². The van der Waals surface area contributed by atoms with E-state index in [0.29, 0.717) is 0 Å². The highest BCUT2D eigenvalue weighted by Crippen LogP contribution is 2.11. The Hall–Kier alpha value is -2.04. The second-order valence-electron chi connectivity index (χ2n) is 5.78. The SMILES string of the molecule is CCc1cccc(NC(=O)CCNC(=O)OC(C)(C)C)c1. The number of nitrogens with one attached hydrogen (secondary N) is 2. The molecule has 0 aliphatic heterocycles. The van der Waals surface area contributed by atoms with Gasteiger partial charge in [0.15, 0.2) is 0 Å². The predicted octanol–water partition coefficient (Wildman–Crippen LogP) is 3.10. The van der Waals surface area contributed by atoms with Crippen LogP contribution >= 0.6 is 0 Å². The zero-order chi connectivity index (χ0) is 15.9. The predicted molar refractivity (Wildman–Crippen MR) is 83.3 cm³/mol. The topological polar surface area (TPSA) is 67.4 Å². The maximum atomic E-state index is 11.8. The lowest BCUT2D eigenvalue weighted by Crippen LogP contribution is -2.34. The van der Waals surface area contributed by atoms with Crippen molar-refractivity contribution in [1.29, 1.82) is 0 Å². The van der Waals surface area contributed by atoms with E-state index in [9.17, 15) is 9.59 Å². The largest absolute Gasteiger partial charge is 0.444 e. The highest BCUT2D eigenvalue weighted by atomic mass is 16.6. The average molecular weight is 292 g/mol. The van der Waals surface area contributed by atoms with Gasteiger partial charge in [0.1, 0.15) is 5.60 Å². The number of ether oxygens (including phenoxy) is 1. The maximum Gasteiger partial charge on any atom is 0.407 e. The molecule has 1 aromatic carbocycles. The van der Waals surface area contributed by atoms with E-state index in [-0.39, 0.29) is 18.9 Å². The molecule has 0 aromatic heterocycles. The van der Waals surface area contributed by atoms with E-state index in [4.69, 9.17) is 4.74 Å². The molecule has 0 fully saturated rings. The Morgan fingerprint density at radius 1 is 1.24 bits per heavy atom. The number of aryl methyl sites for hydroxylation is 1. The molecule has 21 heavy (non-hydrogen) atoms. The first-order valence-corrected chi connectivity index (χ1v) is 7.16. The summed E-state index contributed by atoms with van der Waals surface area (Å²) in [4.78, 5) is 23.2. The zero-order valence-electron chi connectivity index (χ0n) is 13.2. The van der Waals surface area contributed by atoms with Gasteiger partial charge in [0.05, 0.1) is 0 Å². The van der Waals surface area contributed by atoms with Crippen LogP contribution in [0.5, 0.6) is 0 Å². The standard InChI is InChI=1S/C16H24N2O3/c1-5-12-7-6-8-13(11-12)18-14(19)9-10-17-15(20)21-16(2,3)4/h6-8,11H,5,9-10H2,1-4H3,(H,17,20)(H,18,19). The summed E-state index contributed by atoms with van der Waals surface area (Å²) in [6.45, 7) is 7.68. The van der Waals surface area contributed by atoms with Gasteiger partial charge in [0.2, 0.25) is 5.91 Å². The number of alkyl carbamates (subject to hydrolysis) is 1. The molecular weight excluding hydrogens is 268 g/mol. The summed E-state index contributed by atoms with van der Waals surface area (Å²) in [5.41, 5.74) is 1.41. The molecule has 0 saturated carbocycles. The van der Waals surface area contributed by atoms with Crippen molar-refractivity contribution in [2.45, 2.75) is 46.1 Å². The Balaban J connectivity index is 2.32. The quantitative estimate of drug-likeness (QED) is 0.876. The number of benzene rings is 1. The van der Waals surface area contributed by atoms with E-state index in [0.717, 1.165) is 12.1 Å². The van der Waals surface area contributed by atoms with Crippen LogP contribution in [0.3, 0.4) is 0 Å². The summed E-state index contributed by atoms with van der Waals surface area (Å²) >= 11 is 0. The van der Waals surface area contributed by atoms with Gasteiger partial charge < -0.3 is 15.4 Å². The van der Waals surface area contributed by atoms with Crippen LogP contribution in [-0.2, 0) is 16.0 Å². The third kappa shape index (κ3) is 7.34. The first kappa shape index (κ1) is 17.0. The monoisotopic (exact) mass is 292 g/mol. The fraction of sp³-hybridized carbons (Fsp3) is 0.500. The molecule has 0 aliphatic carbocycles. The first-order valence-electron chi connectivity index (χ1n) is 7.16. The lowest BCUT2D eigenvalue weighted by molar-refractivity contribution is -0.116. The summed E-state index contributed by atoms with van der Waals surface area (Å²) in [6, 6.07) is 7.71. The van der Waals surface area contributed by atoms with Gasteiger partial charge in [0, 0.05) is 18.7 Å². The number of hydrogen-bond donors (Lipinski definition) is 2. The number of carbonyl (C=O) groups excluding carboxylic acids is 2. The van der Waals surface area contributed by atoms with E-state index >= 15 is 0 Å². The molecule has 0 aliphatic rings. The molecule has 0 heterocycles. The van der Waals surface area contributed by atoms with E-state index in [2.05, 4.69) is 17.6 Å². The molecule has 5 heteroatoms. The molecule has 0 bridgehead atoms. The fourth-order valence-corrected chi connectivity index (χ4v) is 1.68. The molecule has 2 N–H and O–H groups in total. The molecule has 0 saturated heterocycles. The molecule has 0 atom stereocenters. The molecule has 0 spiro atoms. The molecule has 0 unspecified atom stereocenters. The van der Waals surface area contributed by atoms with Gasteiger partial charge in [0.25, 0.3) is 0 Å². The lowest BCUT2D eigenvalue weighted by atomic mass is 10.1. The van der Waals surface area contributed by atoms with E-state index in [1.165, 1.54) is 5.56 Å². The normalized spacial score (nSPS) is 10.9. The minimum absolute atomic E-state index is 0.140. The van der Waals surface area contributed by atoms with E-state index in [1.807, 2.05) is 24.3 Å². The molecular formula is C16H24N2O3. The van der Waals surface area contributed by atoms with Crippen molar-refractivity contribution >= 4 is 17.7 Å². The van der Waals surface area contributed by atoms with E-state index in [1.54, 1.807) is 20.8 Å². The maximum absolute atomic E-state index is 11.8.